The largest absolute Gasteiger partial charge is 0.494 e. The predicted octanol–water partition coefficient (Wildman–Crippen LogP) is 5.50. The maximum atomic E-state index is 12.9. The monoisotopic (exact) mass is 518 g/mol. The fourth-order valence-corrected chi connectivity index (χ4v) is 5.68. The van der Waals surface area contributed by atoms with Gasteiger partial charge in [0.25, 0.3) is 0 Å². The Morgan fingerprint density at radius 2 is 1.84 bits per heavy atom. The van der Waals surface area contributed by atoms with Gasteiger partial charge in [-0.25, -0.2) is 4.98 Å². The number of ether oxygens (including phenoxy) is 1. The molecule has 1 unspecified atom stereocenters. The Labute approximate surface area is 220 Å². The molecular weight excluding hydrogens is 484 g/mol. The number of pyridine rings is 1. The number of benzene rings is 2. The summed E-state index contributed by atoms with van der Waals surface area (Å²) in [6.07, 6.45) is 3.85. The summed E-state index contributed by atoms with van der Waals surface area (Å²) in [6, 6.07) is 18.1. The molecule has 1 aliphatic rings. The zero-order valence-corrected chi connectivity index (χ0v) is 22.3. The van der Waals surface area contributed by atoms with Crippen LogP contribution in [-0.2, 0) is 10.8 Å². The van der Waals surface area contributed by atoms with Crippen molar-refractivity contribution in [1.82, 2.24) is 9.97 Å². The van der Waals surface area contributed by atoms with E-state index in [1.807, 2.05) is 62.5 Å². The van der Waals surface area contributed by atoms with Crippen molar-refractivity contribution in [1.29, 1.82) is 0 Å². The van der Waals surface area contributed by atoms with Crippen molar-refractivity contribution in [3.8, 4) is 5.75 Å². The van der Waals surface area contributed by atoms with Gasteiger partial charge < -0.3 is 31.0 Å². The molecule has 0 amide bonds. The molecule has 1 fully saturated rings. The van der Waals surface area contributed by atoms with Crippen LogP contribution in [0.2, 0.25) is 0 Å². The molecule has 0 radical (unpaired) electrons. The molecule has 2 aromatic heterocycles. The fraction of sp³-hybridized carbons (Fsp3) is 0.321. The number of hydrogen-bond donors (Lipinski definition) is 4. The van der Waals surface area contributed by atoms with Crippen LogP contribution in [0.5, 0.6) is 5.75 Å². The van der Waals surface area contributed by atoms with E-state index < -0.39 is 10.8 Å². The third kappa shape index (κ3) is 5.42. The summed E-state index contributed by atoms with van der Waals surface area (Å²) in [5.74, 6) is 1.41. The molecule has 1 saturated heterocycles. The lowest BCUT2D eigenvalue weighted by atomic mass is 10.1. The molecule has 194 valence electrons. The minimum atomic E-state index is -1.12. The number of H-pyrrole nitrogens is 1. The number of para-hydroxylation sites is 1. The Balaban J connectivity index is 1.44. The number of methoxy groups -OCH3 is 1. The Kier molecular flexibility index (Phi) is 7.34. The van der Waals surface area contributed by atoms with Crippen LogP contribution >= 0.6 is 0 Å². The first kappa shape index (κ1) is 25.1. The van der Waals surface area contributed by atoms with Gasteiger partial charge in [-0.15, -0.1) is 0 Å². The molecule has 0 saturated carbocycles. The molecule has 9 heteroatoms. The van der Waals surface area contributed by atoms with Crippen molar-refractivity contribution in [2.45, 2.75) is 42.9 Å². The first-order valence-electron chi connectivity index (χ1n) is 12.6. The van der Waals surface area contributed by atoms with E-state index in [2.05, 4.69) is 32.7 Å². The summed E-state index contributed by atoms with van der Waals surface area (Å²) < 4.78 is 18.7. The first-order chi connectivity index (χ1) is 17.9. The number of nitrogens with two attached hydrogens (primary N) is 1. The van der Waals surface area contributed by atoms with E-state index >= 15 is 0 Å². The highest BCUT2D eigenvalue weighted by Crippen LogP contribution is 2.35. The highest BCUT2D eigenvalue weighted by molar-refractivity contribution is 7.85. The van der Waals surface area contributed by atoms with E-state index in [0.29, 0.717) is 5.82 Å². The second-order valence-corrected chi connectivity index (χ2v) is 11.6. The van der Waals surface area contributed by atoms with Crippen LogP contribution in [0.3, 0.4) is 0 Å². The molecule has 8 nitrogen and oxygen atoms in total. The van der Waals surface area contributed by atoms with Gasteiger partial charge in [0.15, 0.2) is 0 Å². The van der Waals surface area contributed by atoms with Gasteiger partial charge in [-0.3, -0.25) is 4.21 Å². The lowest BCUT2D eigenvalue weighted by Gasteiger charge is -2.32. The van der Waals surface area contributed by atoms with Crippen LogP contribution in [0.15, 0.2) is 65.7 Å². The summed E-state index contributed by atoms with van der Waals surface area (Å²) in [5, 5.41) is 7.90. The number of piperidine rings is 1. The number of rotatable bonds is 8. The van der Waals surface area contributed by atoms with Crippen molar-refractivity contribution in [3.63, 3.8) is 0 Å². The maximum absolute atomic E-state index is 12.9. The number of hydrogen-bond acceptors (Lipinski definition) is 7. The normalized spacial score (nSPS) is 15.2. The van der Waals surface area contributed by atoms with Crippen LogP contribution in [0.1, 0.15) is 26.7 Å². The van der Waals surface area contributed by atoms with Gasteiger partial charge >= 0.3 is 0 Å². The van der Waals surface area contributed by atoms with Gasteiger partial charge in [0.2, 0.25) is 0 Å². The third-order valence-electron chi connectivity index (χ3n) is 6.68. The average Bonchev–Trinajstić information content (AvgIpc) is 3.38. The van der Waals surface area contributed by atoms with Gasteiger partial charge in [0.05, 0.1) is 39.9 Å². The number of nitrogens with one attached hydrogen (secondary N) is 3. The van der Waals surface area contributed by atoms with Gasteiger partial charge in [-0.1, -0.05) is 26.0 Å². The standard InChI is InChI=1S/C28H34N6O2S/c1-18(2)37(35)26-7-5-4-6-23(26)31-24-17-27(33-28-21(24)10-13-30-28)32-22-9-8-20(16-25(22)36-3)34-14-11-19(29)12-15-34/h4-10,13,16-19H,11-12,14-15,29H2,1-3H3,(H3,30,31,32,33). The smallest absolute Gasteiger partial charge is 0.144 e. The van der Waals surface area contributed by atoms with Gasteiger partial charge in [-0.2, -0.15) is 0 Å². The summed E-state index contributed by atoms with van der Waals surface area (Å²) in [6.45, 7) is 5.82. The highest BCUT2D eigenvalue weighted by atomic mass is 32.2. The molecule has 1 atom stereocenters. The van der Waals surface area contributed by atoms with Crippen LogP contribution in [-0.4, -0.2) is 45.7 Å². The Hall–Kier alpha value is -3.56. The lowest BCUT2D eigenvalue weighted by molar-refractivity contribution is 0.416. The van der Waals surface area contributed by atoms with Crippen molar-refractivity contribution < 1.29 is 8.95 Å². The Bertz CT molecular complexity index is 1410. The molecule has 4 aromatic rings. The zero-order chi connectivity index (χ0) is 25.9. The zero-order valence-electron chi connectivity index (χ0n) is 21.5. The van der Waals surface area contributed by atoms with Crippen molar-refractivity contribution in [2.75, 3.05) is 35.7 Å². The van der Waals surface area contributed by atoms with Crippen LogP contribution in [0, 0.1) is 0 Å². The van der Waals surface area contributed by atoms with Crippen molar-refractivity contribution >= 4 is 50.4 Å². The molecule has 0 bridgehead atoms. The predicted molar refractivity (Wildman–Crippen MR) is 153 cm³/mol. The second kappa shape index (κ2) is 10.8. The van der Waals surface area contributed by atoms with E-state index in [9.17, 15) is 4.21 Å². The van der Waals surface area contributed by atoms with Gasteiger partial charge in [-0.05, 0) is 43.2 Å². The molecule has 37 heavy (non-hydrogen) atoms. The van der Waals surface area contributed by atoms with Crippen molar-refractivity contribution in [3.05, 3.63) is 60.8 Å². The summed E-state index contributed by atoms with van der Waals surface area (Å²) in [7, 11) is 0.556. The van der Waals surface area contributed by atoms with Crippen LogP contribution in [0.25, 0.3) is 11.0 Å². The Morgan fingerprint density at radius 1 is 1.05 bits per heavy atom. The third-order valence-corrected chi connectivity index (χ3v) is 8.33. The molecule has 5 rings (SSSR count). The van der Waals surface area contributed by atoms with Crippen molar-refractivity contribution in [2.24, 2.45) is 5.73 Å². The fourth-order valence-electron chi connectivity index (χ4n) is 4.62. The van der Waals surface area contributed by atoms with Crippen LogP contribution in [0.4, 0.5) is 28.6 Å². The molecule has 0 spiro atoms. The van der Waals surface area contributed by atoms with Gasteiger partial charge in [0.1, 0.15) is 17.2 Å². The SMILES string of the molecule is COc1cc(N2CCC(N)CC2)ccc1Nc1cc(Nc2ccccc2S(=O)C(C)C)c2cc[nH]c2n1. The quantitative estimate of drug-likeness (QED) is 0.244. The summed E-state index contributed by atoms with van der Waals surface area (Å²) in [4.78, 5) is 11.1. The van der Waals surface area contributed by atoms with E-state index in [-0.39, 0.29) is 11.3 Å². The minimum absolute atomic E-state index is 0.0157. The molecule has 5 N–H and O–H groups in total. The van der Waals surface area contributed by atoms with E-state index in [4.69, 9.17) is 15.5 Å². The summed E-state index contributed by atoms with van der Waals surface area (Å²) in [5.41, 5.74) is 10.5. The maximum Gasteiger partial charge on any atom is 0.144 e. The molecule has 2 aromatic carbocycles. The number of fused-ring (bicyclic) bond motifs is 1. The van der Waals surface area contributed by atoms with E-state index in [1.165, 1.54) is 0 Å². The first-order valence-corrected chi connectivity index (χ1v) is 13.8. The van der Waals surface area contributed by atoms with E-state index in [0.717, 1.165) is 70.4 Å². The number of anilines is 5. The topological polar surface area (TPSA) is 108 Å². The minimum Gasteiger partial charge on any atom is -0.494 e. The average molecular weight is 519 g/mol. The molecular formula is C28H34N6O2S. The number of nitrogens with zero attached hydrogens (tertiary/aromatic N) is 2. The van der Waals surface area contributed by atoms with Gasteiger partial charge in [0, 0.05) is 53.8 Å². The molecule has 3 heterocycles. The number of aromatic nitrogens is 2. The molecule has 1 aliphatic heterocycles. The molecule has 0 aliphatic carbocycles. The summed E-state index contributed by atoms with van der Waals surface area (Å²) >= 11 is 0. The lowest BCUT2D eigenvalue weighted by Crippen LogP contribution is -2.39. The van der Waals surface area contributed by atoms with E-state index in [1.54, 1.807) is 7.11 Å². The second-order valence-electron chi connectivity index (χ2n) is 9.60. The van der Waals surface area contributed by atoms with Crippen LogP contribution < -0.4 is 26.0 Å². The number of aromatic amines is 1. The Morgan fingerprint density at radius 3 is 2.59 bits per heavy atom. The highest BCUT2D eigenvalue weighted by Gasteiger charge is 2.19.